The quantitative estimate of drug-likeness (QED) is 0.398. The first-order valence-electron chi connectivity index (χ1n) is 12.5. The van der Waals surface area contributed by atoms with Gasteiger partial charge in [0, 0.05) is 12.6 Å². The highest BCUT2D eigenvalue weighted by Crippen LogP contribution is 2.32. The highest BCUT2D eigenvalue weighted by Gasteiger charge is 2.22. The van der Waals surface area contributed by atoms with Gasteiger partial charge in [0.2, 0.25) is 17.8 Å². The summed E-state index contributed by atoms with van der Waals surface area (Å²) in [4.78, 5) is 14.2. The van der Waals surface area contributed by atoms with E-state index in [1.165, 1.54) is 43.2 Å². The van der Waals surface area contributed by atoms with Gasteiger partial charge in [0.05, 0.1) is 13.2 Å². The van der Waals surface area contributed by atoms with Crippen molar-refractivity contribution in [1.29, 1.82) is 0 Å². The molecule has 178 valence electrons. The average Bonchev–Trinajstić information content (AvgIpc) is 2.88. The predicted molar refractivity (Wildman–Crippen MR) is 136 cm³/mol. The summed E-state index contributed by atoms with van der Waals surface area (Å²) in [6.07, 6.45) is 9.54. The number of nitrogens with zero attached hydrogens (tertiary/aromatic N) is 3. The van der Waals surface area contributed by atoms with Gasteiger partial charge in [-0.15, -0.1) is 0 Å². The van der Waals surface area contributed by atoms with Gasteiger partial charge in [-0.05, 0) is 60.9 Å². The van der Waals surface area contributed by atoms with Crippen LogP contribution in [0.4, 0.5) is 17.8 Å². The zero-order chi connectivity index (χ0) is 23.2. The van der Waals surface area contributed by atoms with Crippen LogP contribution in [0.2, 0.25) is 0 Å². The van der Waals surface area contributed by atoms with Gasteiger partial charge in [-0.25, -0.2) is 0 Å². The van der Waals surface area contributed by atoms with E-state index in [1.807, 2.05) is 24.3 Å². The Labute approximate surface area is 201 Å². The third-order valence-corrected chi connectivity index (χ3v) is 6.86. The summed E-state index contributed by atoms with van der Waals surface area (Å²) >= 11 is 0. The normalized spacial score (nSPS) is 18.1. The second-order valence-electron chi connectivity index (χ2n) is 9.28. The van der Waals surface area contributed by atoms with E-state index < -0.39 is 0 Å². The van der Waals surface area contributed by atoms with Crippen LogP contribution in [0.15, 0.2) is 48.5 Å². The van der Waals surface area contributed by atoms with Gasteiger partial charge < -0.3 is 20.7 Å². The summed E-state index contributed by atoms with van der Waals surface area (Å²) in [5.74, 6) is 2.69. The number of benzene rings is 2. The van der Waals surface area contributed by atoms with Gasteiger partial charge in [-0.1, -0.05) is 55.7 Å². The van der Waals surface area contributed by atoms with Crippen molar-refractivity contribution in [2.24, 2.45) is 0 Å². The van der Waals surface area contributed by atoms with Crippen molar-refractivity contribution < 1.29 is 4.74 Å². The third kappa shape index (κ3) is 5.58. The smallest absolute Gasteiger partial charge is 0.229 e. The monoisotopic (exact) mass is 458 g/mol. The number of anilines is 3. The number of methoxy groups -OCH3 is 1. The molecular weight excluding hydrogens is 424 g/mol. The topological polar surface area (TPSA) is 84.0 Å². The highest BCUT2D eigenvalue weighted by molar-refractivity contribution is 5.46. The van der Waals surface area contributed by atoms with E-state index in [4.69, 9.17) is 19.7 Å². The third-order valence-electron chi connectivity index (χ3n) is 6.86. The van der Waals surface area contributed by atoms with Crippen molar-refractivity contribution in [1.82, 2.24) is 15.0 Å². The predicted octanol–water partition coefficient (Wildman–Crippen LogP) is 5.73. The Bertz CT molecular complexity index is 1080. The van der Waals surface area contributed by atoms with Crippen LogP contribution < -0.4 is 20.7 Å². The number of aromatic nitrogens is 3. The van der Waals surface area contributed by atoms with Gasteiger partial charge >= 0.3 is 0 Å². The molecule has 7 nitrogen and oxygen atoms in total. The summed E-state index contributed by atoms with van der Waals surface area (Å²) in [7, 11) is 1.68. The van der Waals surface area contributed by atoms with Crippen LogP contribution in [0.1, 0.15) is 67.7 Å². The summed E-state index contributed by atoms with van der Waals surface area (Å²) < 4.78 is 5.26. The lowest BCUT2D eigenvalue weighted by Crippen LogP contribution is -2.25. The van der Waals surface area contributed by atoms with Crippen molar-refractivity contribution in [2.45, 2.75) is 70.0 Å². The molecule has 2 aromatic carbocycles. The van der Waals surface area contributed by atoms with Gasteiger partial charge in [0.15, 0.2) is 0 Å². The maximum Gasteiger partial charge on any atom is 0.229 e. The van der Waals surface area contributed by atoms with E-state index in [2.05, 4.69) is 40.2 Å². The van der Waals surface area contributed by atoms with Crippen LogP contribution in [-0.2, 0) is 13.0 Å². The van der Waals surface area contributed by atoms with Crippen molar-refractivity contribution in [3.05, 3.63) is 65.2 Å². The molecule has 3 N–H and O–H groups in total. The molecule has 1 saturated carbocycles. The number of rotatable bonds is 8. The number of ether oxygens (including phenoxy) is 1. The molecular formula is C27H34N6O. The zero-order valence-corrected chi connectivity index (χ0v) is 19.9. The molecule has 1 atom stereocenters. The molecule has 1 unspecified atom stereocenters. The van der Waals surface area contributed by atoms with Crippen molar-refractivity contribution in [2.75, 3.05) is 23.1 Å². The molecule has 5 rings (SSSR count). The molecule has 1 aromatic heterocycles. The lowest BCUT2D eigenvalue weighted by molar-refractivity contribution is 0.414. The lowest BCUT2D eigenvalue weighted by Gasteiger charge is -2.27. The van der Waals surface area contributed by atoms with E-state index >= 15 is 0 Å². The Morgan fingerprint density at radius 1 is 0.794 bits per heavy atom. The molecule has 0 radical (unpaired) electrons. The maximum atomic E-state index is 5.26. The second kappa shape index (κ2) is 10.7. The average molecular weight is 459 g/mol. The van der Waals surface area contributed by atoms with E-state index in [1.54, 1.807) is 7.11 Å². The van der Waals surface area contributed by atoms with Gasteiger partial charge in [-0.2, -0.15) is 15.0 Å². The molecule has 0 aliphatic heterocycles. The standard InChI is InChI=1S/C27H34N6O/c1-34-22-16-14-19(15-17-22)18-28-25-31-26(29-21-10-3-2-4-11-21)33-27(32-25)30-24-13-7-9-20-8-5-6-12-23(20)24/h5-6,8,12,14-17,21,24H,2-4,7,9-11,13,18H2,1H3,(H3,28,29,30,31,32,33). The first-order chi connectivity index (χ1) is 16.8. The van der Waals surface area contributed by atoms with Crippen LogP contribution >= 0.6 is 0 Å². The minimum atomic E-state index is 0.212. The maximum absolute atomic E-state index is 5.26. The Hall–Kier alpha value is -3.35. The highest BCUT2D eigenvalue weighted by atomic mass is 16.5. The Morgan fingerprint density at radius 3 is 2.32 bits per heavy atom. The summed E-state index contributed by atoms with van der Waals surface area (Å²) in [5.41, 5.74) is 3.90. The molecule has 3 aromatic rings. The van der Waals surface area contributed by atoms with Crippen LogP contribution in [-0.4, -0.2) is 28.1 Å². The summed E-state index contributed by atoms with van der Waals surface area (Å²) in [6.45, 7) is 0.628. The van der Waals surface area contributed by atoms with Crippen LogP contribution in [0.3, 0.4) is 0 Å². The minimum Gasteiger partial charge on any atom is -0.497 e. The molecule has 0 bridgehead atoms. The molecule has 2 aliphatic carbocycles. The SMILES string of the molecule is COc1ccc(CNc2nc(NC3CCCCC3)nc(NC3CCCc4ccccc43)n2)cc1. The van der Waals surface area contributed by atoms with E-state index in [0.717, 1.165) is 30.6 Å². The Kier molecular flexibility index (Phi) is 7.08. The fraction of sp³-hybridized carbons (Fsp3) is 0.444. The fourth-order valence-electron chi connectivity index (χ4n) is 5.00. The largest absolute Gasteiger partial charge is 0.497 e. The molecule has 1 fully saturated rings. The van der Waals surface area contributed by atoms with Crippen molar-refractivity contribution in [3.63, 3.8) is 0 Å². The molecule has 7 heteroatoms. The number of hydrogen-bond donors (Lipinski definition) is 3. The molecule has 2 aliphatic rings. The molecule has 0 spiro atoms. The lowest BCUT2D eigenvalue weighted by atomic mass is 9.88. The van der Waals surface area contributed by atoms with Gasteiger partial charge in [0.1, 0.15) is 5.75 Å². The van der Waals surface area contributed by atoms with Crippen molar-refractivity contribution in [3.8, 4) is 5.75 Å². The van der Waals surface area contributed by atoms with E-state index in [-0.39, 0.29) is 6.04 Å². The zero-order valence-electron chi connectivity index (χ0n) is 19.9. The number of hydrogen-bond acceptors (Lipinski definition) is 7. The Morgan fingerprint density at radius 2 is 1.53 bits per heavy atom. The molecule has 34 heavy (non-hydrogen) atoms. The molecule has 1 heterocycles. The van der Waals surface area contributed by atoms with Crippen LogP contribution in [0, 0.1) is 0 Å². The summed E-state index contributed by atoms with van der Waals surface area (Å²) in [5, 5.41) is 10.6. The molecule has 0 amide bonds. The number of fused-ring (bicyclic) bond motifs is 1. The summed E-state index contributed by atoms with van der Waals surface area (Å²) in [6, 6.07) is 17.4. The van der Waals surface area contributed by atoms with E-state index in [0.29, 0.717) is 30.4 Å². The molecule has 0 saturated heterocycles. The fourth-order valence-corrected chi connectivity index (χ4v) is 5.00. The number of aryl methyl sites for hydroxylation is 1. The van der Waals surface area contributed by atoms with E-state index in [9.17, 15) is 0 Å². The van der Waals surface area contributed by atoms with Crippen molar-refractivity contribution >= 4 is 17.8 Å². The number of nitrogens with one attached hydrogen (secondary N) is 3. The Balaban J connectivity index is 1.35. The van der Waals surface area contributed by atoms with Crippen LogP contribution in [0.25, 0.3) is 0 Å². The van der Waals surface area contributed by atoms with Gasteiger partial charge in [-0.3, -0.25) is 0 Å². The first kappa shape index (κ1) is 22.4. The second-order valence-corrected chi connectivity index (χ2v) is 9.28. The van der Waals surface area contributed by atoms with Gasteiger partial charge in [0.25, 0.3) is 0 Å². The van der Waals surface area contributed by atoms with Crippen LogP contribution in [0.5, 0.6) is 5.75 Å². The minimum absolute atomic E-state index is 0.212. The first-order valence-corrected chi connectivity index (χ1v) is 12.5.